The molecule has 0 fully saturated rings. The Morgan fingerprint density at radius 3 is 2.19 bits per heavy atom. The second kappa shape index (κ2) is 8.89. The van der Waals surface area contributed by atoms with Crippen LogP contribution in [0.3, 0.4) is 0 Å². The van der Waals surface area contributed by atoms with Crippen LogP contribution < -0.4 is 5.73 Å². The summed E-state index contributed by atoms with van der Waals surface area (Å²) in [5, 5.41) is 18.8. The normalized spacial score (nSPS) is 15.0. The number of hydrogen-bond acceptors (Lipinski definition) is 7. The second-order valence-electron chi connectivity index (χ2n) is 7.71. The van der Waals surface area contributed by atoms with Gasteiger partial charge in [-0.25, -0.2) is 0 Å². The van der Waals surface area contributed by atoms with E-state index in [-0.39, 0.29) is 35.7 Å². The van der Waals surface area contributed by atoms with Crippen molar-refractivity contribution in [2.45, 2.75) is 65.7 Å². The van der Waals surface area contributed by atoms with Crippen LogP contribution in [-0.2, 0) is 25.5 Å². The highest BCUT2D eigenvalue weighted by Gasteiger charge is 2.26. The van der Waals surface area contributed by atoms with E-state index < -0.39 is 24.2 Å². The lowest BCUT2D eigenvalue weighted by Crippen LogP contribution is -2.39. The van der Waals surface area contributed by atoms with Gasteiger partial charge in [0.1, 0.15) is 18.2 Å². The first-order chi connectivity index (χ1) is 11.9. The Morgan fingerprint density at radius 1 is 1.08 bits per heavy atom. The topological polar surface area (TPSA) is 119 Å². The van der Waals surface area contributed by atoms with Gasteiger partial charge in [-0.05, 0) is 43.4 Å². The Bertz CT molecular complexity index is 637. The Morgan fingerprint density at radius 2 is 1.65 bits per heavy atom. The number of rotatable bonds is 7. The number of carbonyl (C=O) groups excluding carboxylic acids is 2. The third kappa shape index (κ3) is 7.31. The molecule has 0 bridgehead atoms. The van der Waals surface area contributed by atoms with Crippen molar-refractivity contribution in [3.63, 3.8) is 0 Å². The first-order valence-corrected chi connectivity index (χ1v) is 8.55. The molecule has 26 heavy (non-hydrogen) atoms. The Kier molecular flexibility index (Phi) is 7.44. The standard InChI is InChI=1S/C19H29NO6/c1-11(25-17(23)10-19(3,4)5)12(2)26-18(24)14(20)8-13-6-7-15(21)16(22)9-13/h6-7,9,11-12,14,21-22H,8,10,20H2,1-5H3/t11-,12+,14+/m1/s1. The minimum Gasteiger partial charge on any atom is -0.504 e. The largest absolute Gasteiger partial charge is 0.504 e. The summed E-state index contributed by atoms with van der Waals surface area (Å²) in [6.45, 7) is 9.08. The first-order valence-electron chi connectivity index (χ1n) is 8.55. The molecule has 0 amide bonds. The number of nitrogens with two attached hydrogens (primary N) is 1. The van der Waals surface area contributed by atoms with E-state index in [4.69, 9.17) is 15.2 Å². The molecule has 0 aliphatic heterocycles. The molecule has 1 rings (SSSR count). The molecule has 1 aromatic carbocycles. The predicted molar refractivity (Wildman–Crippen MR) is 96.6 cm³/mol. The van der Waals surface area contributed by atoms with Gasteiger partial charge in [0.25, 0.3) is 0 Å². The van der Waals surface area contributed by atoms with Crippen LogP contribution in [0.5, 0.6) is 11.5 Å². The van der Waals surface area contributed by atoms with Crippen LogP contribution in [-0.4, -0.2) is 40.4 Å². The van der Waals surface area contributed by atoms with E-state index >= 15 is 0 Å². The zero-order chi connectivity index (χ0) is 20.1. The molecule has 0 aromatic heterocycles. The van der Waals surface area contributed by atoms with Crippen LogP contribution in [0.1, 0.15) is 46.6 Å². The average Bonchev–Trinajstić information content (AvgIpc) is 2.48. The van der Waals surface area contributed by atoms with Crippen molar-refractivity contribution in [1.29, 1.82) is 0 Å². The molecular formula is C19H29NO6. The molecule has 0 heterocycles. The smallest absolute Gasteiger partial charge is 0.323 e. The van der Waals surface area contributed by atoms with Crippen LogP contribution in [0, 0.1) is 5.41 Å². The molecule has 3 atom stereocenters. The van der Waals surface area contributed by atoms with E-state index in [1.807, 2.05) is 20.8 Å². The van der Waals surface area contributed by atoms with E-state index in [0.717, 1.165) is 0 Å². The van der Waals surface area contributed by atoms with Crippen molar-refractivity contribution in [2.24, 2.45) is 11.1 Å². The van der Waals surface area contributed by atoms with Crippen molar-refractivity contribution < 1.29 is 29.3 Å². The van der Waals surface area contributed by atoms with Crippen LogP contribution in [0.2, 0.25) is 0 Å². The van der Waals surface area contributed by atoms with Crippen molar-refractivity contribution in [1.82, 2.24) is 0 Å². The van der Waals surface area contributed by atoms with Gasteiger partial charge in [0, 0.05) is 0 Å². The van der Waals surface area contributed by atoms with Crippen LogP contribution in [0.15, 0.2) is 18.2 Å². The first kappa shape index (κ1) is 21.8. The second-order valence-corrected chi connectivity index (χ2v) is 7.71. The summed E-state index contributed by atoms with van der Waals surface area (Å²) in [7, 11) is 0. The number of phenolic OH excluding ortho intramolecular Hbond substituents is 2. The number of esters is 2. The highest BCUT2D eigenvalue weighted by molar-refractivity contribution is 5.76. The summed E-state index contributed by atoms with van der Waals surface area (Å²) in [6.07, 6.45) is -0.844. The quantitative estimate of drug-likeness (QED) is 0.499. The van der Waals surface area contributed by atoms with E-state index in [0.29, 0.717) is 5.56 Å². The van der Waals surface area contributed by atoms with Gasteiger partial charge < -0.3 is 25.4 Å². The van der Waals surface area contributed by atoms with Crippen molar-refractivity contribution in [3.8, 4) is 11.5 Å². The van der Waals surface area contributed by atoms with Crippen LogP contribution >= 0.6 is 0 Å². The third-order valence-corrected chi connectivity index (χ3v) is 3.75. The molecule has 146 valence electrons. The lowest BCUT2D eigenvalue weighted by Gasteiger charge is -2.24. The monoisotopic (exact) mass is 367 g/mol. The lowest BCUT2D eigenvalue weighted by molar-refractivity contribution is -0.167. The van der Waals surface area contributed by atoms with E-state index in [1.54, 1.807) is 19.9 Å². The molecule has 0 unspecified atom stereocenters. The minimum absolute atomic E-state index is 0.136. The van der Waals surface area contributed by atoms with Crippen molar-refractivity contribution in [3.05, 3.63) is 23.8 Å². The fraction of sp³-hybridized carbons (Fsp3) is 0.579. The molecule has 0 spiro atoms. The molecule has 7 heteroatoms. The van der Waals surface area contributed by atoms with Gasteiger partial charge >= 0.3 is 11.9 Å². The maximum absolute atomic E-state index is 12.1. The highest BCUT2D eigenvalue weighted by atomic mass is 16.6. The number of benzene rings is 1. The molecule has 7 nitrogen and oxygen atoms in total. The summed E-state index contributed by atoms with van der Waals surface area (Å²) in [5.74, 6) is -1.51. The molecule has 4 N–H and O–H groups in total. The van der Waals surface area contributed by atoms with Gasteiger partial charge in [0.15, 0.2) is 11.5 Å². The number of carbonyl (C=O) groups is 2. The zero-order valence-electron chi connectivity index (χ0n) is 16.0. The van der Waals surface area contributed by atoms with E-state index in [2.05, 4.69) is 0 Å². The number of aromatic hydroxyl groups is 2. The van der Waals surface area contributed by atoms with Crippen molar-refractivity contribution >= 4 is 11.9 Å². The number of phenols is 2. The van der Waals surface area contributed by atoms with Gasteiger partial charge in [-0.1, -0.05) is 26.8 Å². The summed E-state index contributed by atoms with van der Waals surface area (Å²) in [5.41, 5.74) is 6.24. The van der Waals surface area contributed by atoms with Gasteiger partial charge in [0.2, 0.25) is 0 Å². The molecular weight excluding hydrogens is 338 g/mol. The van der Waals surface area contributed by atoms with E-state index in [9.17, 15) is 19.8 Å². The van der Waals surface area contributed by atoms with Gasteiger partial charge in [0.05, 0.1) is 6.42 Å². The van der Waals surface area contributed by atoms with Gasteiger partial charge in [-0.3, -0.25) is 9.59 Å². The average molecular weight is 367 g/mol. The Hall–Kier alpha value is -2.28. The Labute approximate surface area is 154 Å². The van der Waals surface area contributed by atoms with E-state index in [1.165, 1.54) is 12.1 Å². The number of ether oxygens (including phenoxy) is 2. The molecule has 0 saturated carbocycles. The highest BCUT2D eigenvalue weighted by Crippen LogP contribution is 2.25. The molecule has 0 saturated heterocycles. The van der Waals surface area contributed by atoms with Crippen molar-refractivity contribution in [2.75, 3.05) is 0 Å². The maximum atomic E-state index is 12.1. The molecule has 0 radical (unpaired) electrons. The molecule has 0 aliphatic rings. The fourth-order valence-corrected chi connectivity index (χ4v) is 2.18. The van der Waals surface area contributed by atoms with Crippen LogP contribution in [0.4, 0.5) is 0 Å². The molecule has 0 aliphatic carbocycles. The van der Waals surface area contributed by atoms with Gasteiger partial charge in [-0.15, -0.1) is 0 Å². The summed E-state index contributed by atoms with van der Waals surface area (Å²) in [4.78, 5) is 24.0. The predicted octanol–water partition coefficient (Wildman–Crippen LogP) is 2.27. The van der Waals surface area contributed by atoms with Crippen LogP contribution in [0.25, 0.3) is 0 Å². The fourth-order valence-electron chi connectivity index (χ4n) is 2.18. The zero-order valence-corrected chi connectivity index (χ0v) is 16.0. The summed E-state index contributed by atoms with van der Waals surface area (Å²) < 4.78 is 10.6. The third-order valence-electron chi connectivity index (χ3n) is 3.75. The minimum atomic E-state index is -0.945. The maximum Gasteiger partial charge on any atom is 0.323 e. The summed E-state index contributed by atoms with van der Waals surface area (Å²) >= 11 is 0. The SMILES string of the molecule is C[C@H](OC(=O)[C@@H](N)Cc1ccc(O)c(O)c1)[C@@H](C)OC(=O)CC(C)(C)C. The van der Waals surface area contributed by atoms with Gasteiger partial charge in [-0.2, -0.15) is 0 Å². The molecule has 1 aromatic rings. The lowest BCUT2D eigenvalue weighted by atomic mass is 9.92. The summed E-state index contributed by atoms with van der Waals surface area (Å²) in [6, 6.07) is 3.27. The Balaban J connectivity index is 2.54. The number of hydrogen-bond donors (Lipinski definition) is 3.